The van der Waals surface area contributed by atoms with E-state index >= 15 is 0 Å². The third-order valence-corrected chi connectivity index (χ3v) is 4.56. The van der Waals surface area contributed by atoms with Gasteiger partial charge < -0.3 is 10.2 Å². The van der Waals surface area contributed by atoms with Crippen molar-refractivity contribution in [3.05, 3.63) is 38.8 Å². The van der Waals surface area contributed by atoms with E-state index in [0.29, 0.717) is 6.54 Å². The van der Waals surface area contributed by atoms with Crippen molar-refractivity contribution in [1.29, 1.82) is 0 Å². The van der Waals surface area contributed by atoms with E-state index in [1.54, 1.807) is 34.2 Å². The van der Waals surface area contributed by atoms with Gasteiger partial charge in [-0.05, 0) is 40.0 Å². The second-order valence-electron chi connectivity index (χ2n) is 4.62. The second kappa shape index (κ2) is 7.93. The lowest BCUT2D eigenvalue weighted by Gasteiger charge is -2.22. The third-order valence-electron chi connectivity index (χ3n) is 3.01. The van der Waals surface area contributed by atoms with E-state index in [4.69, 9.17) is 0 Å². The van der Waals surface area contributed by atoms with E-state index in [9.17, 15) is 4.79 Å². The molecule has 0 fully saturated rings. The van der Waals surface area contributed by atoms with Crippen LogP contribution in [0, 0.1) is 0 Å². The Balaban J connectivity index is 0.00000220. The molecule has 0 saturated carbocycles. The van der Waals surface area contributed by atoms with E-state index in [1.165, 1.54) is 0 Å². The van der Waals surface area contributed by atoms with Crippen molar-refractivity contribution in [2.75, 3.05) is 14.1 Å². The van der Waals surface area contributed by atoms with Crippen LogP contribution >= 0.6 is 39.7 Å². The molecule has 1 amide bonds. The van der Waals surface area contributed by atoms with Crippen molar-refractivity contribution in [3.63, 3.8) is 0 Å². The fourth-order valence-electron chi connectivity index (χ4n) is 2.02. The van der Waals surface area contributed by atoms with Gasteiger partial charge in [0, 0.05) is 32.4 Å². The van der Waals surface area contributed by atoms with Gasteiger partial charge >= 0.3 is 0 Å². The van der Waals surface area contributed by atoms with Gasteiger partial charge in [0.1, 0.15) is 6.04 Å². The summed E-state index contributed by atoms with van der Waals surface area (Å²) in [6.07, 6.45) is 3.57. The molecule has 2 aromatic heterocycles. The highest BCUT2D eigenvalue weighted by molar-refractivity contribution is 9.11. The van der Waals surface area contributed by atoms with Crippen LogP contribution in [0.3, 0.4) is 0 Å². The normalized spacial score (nSPS) is 11.8. The molecule has 0 aliphatic rings. The molecule has 1 unspecified atom stereocenters. The molecule has 8 heteroatoms. The number of rotatable bonds is 5. The smallest absolute Gasteiger partial charge is 0.244 e. The summed E-state index contributed by atoms with van der Waals surface area (Å²) in [5.74, 6) is 0.0304. The second-order valence-corrected chi connectivity index (χ2v) is 6.91. The highest BCUT2D eigenvalue weighted by Gasteiger charge is 2.23. The number of aromatic nitrogens is 2. The van der Waals surface area contributed by atoms with E-state index < -0.39 is 0 Å². The van der Waals surface area contributed by atoms with Crippen LogP contribution in [0.15, 0.2) is 27.6 Å². The Morgan fingerprint density at radius 2 is 2.33 bits per heavy atom. The van der Waals surface area contributed by atoms with Gasteiger partial charge in [-0.15, -0.1) is 23.7 Å². The van der Waals surface area contributed by atoms with Crippen molar-refractivity contribution >= 4 is 45.6 Å². The first-order chi connectivity index (χ1) is 9.51. The number of amides is 1. The summed E-state index contributed by atoms with van der Waals surface area (Å²) in [5.41, 5.74) is 2.00. The van der Waals surface area contributed by atoms with Crippen molar-refractivity contribution in [2.45, 2.75) is 12.6 Å². The predicted octanol–water partition coefficient (Wildman–Crippen LogP) is 2.59. The number of aryl methyl sites for hydroxylation is 1. The van der Waals surface area contributed by atoms with Crippen molar-refractivity contribution in [3.8, 4) is 0 Å². The standard InChI is InChI=1S/C13H17BrN4OS.ClH/c1-15-12(10-5-16-18(3)7-10)13(19)17(2)6-9-4-11(14)20-8-9;/h4-5,7-8,12,15H,6H2,1-3H3;1H. The summed E-state index contributed by atoms with van der Waals surface area (Å²) in [5, 5.41) is 9.22. The van der Waals surface area contributed by atoms with Crippen molar-refractivity contribution < 1.29 is 4.79 Å². The number of nitrogens with zero attached hydrogens (tertiary/aromatic N) is 3. The van der Waals surface area contributed by atoms with Crippen LogP contribution in [0.5, 0.6) is 0 Å². The molecule has 0 bridgehead atoms. The molecule has 0 spiro atoms. The Labute approximate surface area is 142 Å². The highest BCUT2D eigenvalue weighted by atomic mass is 79.9. The molecule has 116 valence electrons. The number of carbonyl (C=O) groups is 1. The lowest BCUT2D eigenvalue weighted by atomic mass is 10.1. The first kappa shape index (κ1) is 18.2. The Morgan fingerprint density at radius 1 is 1.62 bits per heavy atom. The molecule has 1 N–H and O–H groups in total. The molecule has 5 nitrogen and oxygen atoms in total. The molecule has 0 aliphatic carbocycles. The van der Waals surface area contributed by atoms with E-state index in [-0.39, 0.29) is 24.4 Å². The molecule has 2 heterocycles. The Bertz CT molecular complexity index is 601. The number of nitrogens with one attached hydrogen (secondary N) is 1. The quantitative estimate of drug-likeness (QED) is 0.849. The minimum Gasteiger partial charge on any atom is -0.340 e. The van der Waals surface area contributed by atoms with E-state index in [1.807, 2.05) is 31.7 Å². The number of carbonyl (C=O) groups excluding carboxylic acids is 1. The van der Waals surface area contributed by atoms with Crippen molar-refractivity contribution in [1.82, 2.24) is 20.0 Å². The lowest BCUT2D eigenvalue weighted by Crippen LogP contribution is -2.36. The molecule has 0 saturated heterocycles. The van der Waals surface area contributed by atoms with Gasteiger partial charge in [-0.3, -0.25) is 9.48 Å². The fraction of sp³-hybridized carbons (Fsp3) is 0.385. The summed E-state index contributed by atoms with van der Waals surface area (Å²) in [4.78, 5) is 14.2. The van der Waals surface area contributed by atoms with Crippen LogP contribution in [-0.4, -0.2) is 34.7 Å². The maximum Gasteiger partial charge on any atom is 0.244 e. The zero-order valence-electron chi connectivity index (χ0n) is 12.0. The van der Waals surface area contributed by atoms with Gasteiger partial charge in [0.25, 0.3) is 0 Å². The average molecular weight is 394 g/mol. The summed E-state index contributed by atoms with van der Waals surface area (Å²) < 4.78 is 2.77. The zero-order valence-corrected chi connectivity index (χ0v) is 15.3. The summed E-state index contributed by atoms with van der Waals surface area (Å²) in [6.45, 7) is 0.597. The summed E-state index contributed by atoms with van der Waals surface area (Å²) in [6, 6.07) is 1.67. The largest absolute Gasteiger partial charge is 0.340 e. The van der Waals surface area contributed by atoms with Crippen LogP contribution in [0.25, 0.3) is 0 Å². The molecular formula is C13H18BrClN4OS. The summed E-state index contributed by atoms with van der Waals surface area (Å²) >= 11 is 5.05. The predicted molar refractivity (Wildman–Crippen MR) is 90.7 cm³/mol. The number of hydrogen-bond acceptors (Lipinski definition) is 4. The number of hydrogen-bond donors (Lipinski definition) is 1. The SMILES string of the molecule is CNC(C(=O)N(C)Cc1csc(Br)c1)c1cnn(C)c1.Cl. The van der Waals surface area contributed by atoms with Gasteiger partial charge in [-0.25, -0.2) is 0 Å². The van der Waals surface area contributed by atoms with Crippen molar-refractivity contribution in [2.24, 2.45) is 7.05 Å². The number of halogens is 2. The fourth-order valence-corrected chi connectivity index (χ4v) is 3.22. The first-order valence-electron chi connectivity index (χ1n) is 6.15. The molecule has 2 rings (SSSR count). The monoisotopic (exact) mass is 392 g/mol. The average Bonchev–Trinajstić information content (AvgIpc) is 2.99. The molecule has 0 aliphatic heterocycles. The maximum absolute atomic E-state index is 12.5. The Morgan fingerprint density at radius 3 is 2.81 bits per heavy atom. The van der Waals surface area contributed by atoms with E-state index in [0.717, 1.165) is 14.9 Å². The van der Waals surface area contributed by atoms with Gasteiger partial charge in [-0.1, -0.05) is 0 Å². The lowest BCUT2D eigenvalue weighted by molar-refractivity contribution is -0.132. The maximum atomic E-state index is 12.5. The third kappa shape index (κ3) is 4.54. The van der Waals surface area contributed by atoms with E-state index in [2.05, 4.69) is 26.3 Å². The molecule has 1 atom stereocenters. The molecule has 2 aromatic rings. The van der Waals surface area contributed by atoms with Gasteiger partial charge in [0.15, 0.2) is 0 Å². The Hall–Kier alpha value is -0.890. The van der Waals surface area contributed by atoms with Crippen LogP contribution < -0.4 is 5.32 Å². The van der Waals surface area contributed by atoms with Crippen LogP contribution in [-0.2, 0) is 18.4 Å². The van der Waals surface area contributed by atoms with Crippen LogP contribution in [0.4, 0.5) is 0 Å². The van der Waals surface area contributed by atoms with Gasteiger partial charge in [0.05, 0.1) is 9.98 Å². The topological polar surface area (TPSA) is 50.2 Å². The van der Waals surface area contributed by atoms with Gasteiger partial charge in [-0.2, -0.15) is 5.10 Å². The number of likely N-dealkylation sites (N-methyl/N-ethyl adjacent to an activating group) is 2. The van der Waals surface area contributed by atoms with Crippen LogP contribution in [0.2, 0.25) is 0 Å². The van der Waals surface area contributed by atoms with Crippen LogP contribution in [0.1, 0.15) is 17.2 Å². The molecule has 0 aromatic carbocycles. The minimum absolute atomic E-state index is 0. The Kier molecular flexibility index (Phi) is 6.86. The minimum atomic E-state index is -0.365. The van der Waals surface area contributed by atoms with Gasteiger partial charge in [0.2, 0.25) is 5.91 Å². The molecular weight excluding hydrogens is 376 g/mol. The highest BCUT2D eigenvalue weighted by Crippen LogP contribution is 2.22. The molecule has 21 heavy (non-hydrogen) atoms. The molecule has 0 radical (unpaired) electrons. The number of thiophene rings is 1. The summed E-state index contributed by atoms with van der Waals surface area (Å²) in [7, 11) is 5.44. The zero-order chi connectivity index (χ0) is 14.7. The first-order valence-corrected chi connectivity index (χ1v) is 7.82.